The molecule has 1 unspecified atom stereocenters. The lowest BCUT2D eigenvalue weighted by Gasteiger charge is -2.24. The third kappa shape index (κ3) is 4.05. The number of nitrogens with zero attached hydrogens (tertiary/aromatic N) is 1. The van der Waals surface area contributed by atoms with E-state index in [-0.39, 0.29) is 24.1 Å². The quantitative estimate of drug-likeness (QED) is 0.845. The topological polar surface area (TPSA) is 49.8 Å². The molecule has 1 aromatic rings. The summed E-state index contributed by atoms with van der Waals surface area (Å²) in [5.41, 5.74) is 0.568. The highest BCUT2D eigenvalue weighted by atomic mass is 19.1. The van der Waals surface area contributed by atoms with Crippen molar-refractivity contribution in [1.29, 1.82) is 0 Å². The molecule has 1 amide bonds. The summed E-state index contributed by atoms with van der Waals surface area (Å²) in [5.74, 6) is 4.27. The van der Waals surface area contributed by atoms with Gasteiger partial charge in [0.05, 0.1) is 18.2 Å². The molecular formula is C15H18FNO3. The molecule has 108 valence electrons. The molecule has 4 nitrogen and oxygen atoms in total. The van der Waals surface area contributed by atoms with Crippen molar-refractivity contribution in [2.75, 3.05) is 27.4 Å². The summed E-state index contributed by atoms with van der Waals surface area (Å²) in [4.78, 5) is 13.8. The minimum absolute atomic E-state index is 0.144. The van der Waals surface area contributed by atoms with Gasteiger partial charge in [-0.2, -0.15) is 0 Å². The zero-order chi connectivity index (χ0) is 15.1. The van der Waals surface area contributed by atoms with Crippen LogP contribution in [0, 0.1) is 17.7 Å². The highest BCUT2D eigenvalue weighted by molar-refractivity contribution is 5.96. The van der Waals surface area contributed by atoms with Crippen molar-refractivity contribution in [2.45, 2.75) is 13.0 Å². The van der Waals surface area contributed by atoms with Gasteiger partial charge in [0.15, 0.2) is 0 Å². The van der Waals surface area contributed by atoms with E-state index < -0.39 is 5.82 Å². The molecule has 1 atom stereocenters. The van der Waals surface area contributed by atoms with Crippen LogP contribution in [0.3, 0.4) is 0 Å². The summed E-state index contributed by atoms with van der Waals surface area (Å²) in [6, 6.07) is 3.67. The number of carbonyl (C=O) groups excluding carboxylic acids is 1. The number of hydrogen-bond donors (Lipinski definition) is 1. The Morgan fingerprint density at radius 3 is 2.85 bits per heavy atom. The number of amides is 1. The van der Waals surface area contributed by atoms with Crippen molar-refractivity contribution in [3.8, 4) is 11.8 Å². The Morgan fingerprint density at radius 2 is 2.25 bits per heavy atom. The molecule has 20 heavy (non-hydrogen) atoms. The first-order valence-corrected chi connectivity index (χ1v) is 6.16. The Labute approximate surface area is 118 Å². The van der Waals surface area contributed by atoms with Crippen LogP contribution in [0.5, 0.6) is 0 Å². The molecular weight excluding hydrogens is 261 g/mol. The first kappa shape index (κ1) is 16.2. The van der Waals surface area contributed by atoms with Crippen LogP contribution in [0.4, 0.5) is 4.39 Å². The average Bonchev–Trinajstić information content (AvgIpc) is 2.44. The number of hydrogen-bond acceptors (Lipinski definition) is 3. The second-order valence-corrected chi connectivity index (χ2v) is 4.37. The summed E-state index contributed by atoms with van der Waals surface area (Å²) >= 11 is 0. The number of aliphatic hydroxyl groups is 1. The van der Waals surface area contributed by atoms with Crippen molar-refractivity contribution < 1.29 is 19.0 Å². The van der Waals surface area contributed by atoms with Crippen LogP contribution in [0.15, 0.2) is 18.2 Å². The van der Waals surface area contributed by atoms with Crippen LogP contribution in [-0.2, 0) is 4.74 Å². The Morgan fingerprint density at radius 1 is 1.55 bits per heavy atom. The standard InChI is InChI=1S/C15H18FNO3/c1-11(10-20-3)17(2)15(19)14-9-13(16)7-6-12(14)5-4-8-18/h6-7,9,11,18H,8,10H2,1-3H3. The van der Waals surface area contributed by atoms with Crippen molar-refractivity contribution in [2.24, 2.45) is 0 Å². The van der Waals surface area contributed by atoms with Gasteiger partial charge in [0.2, 0.25) is 0 Å². The maximum absolute atomic E-state index is 13.3. The number of ether oxygens (including phenoxy) is 1. The molecule has 1 N–H and O–H groups in total. The van der Waals surface area contributed by atoms with Crippen molar-refractivity contribution >= 4 is 5.91 Å². The van der Waals surface area contributed by atoms with E-state index in [1.54, 1.807) is 14.2 Å². The molecule has 0 aliphatic heterocycles. The molecule has 0 aliphatic rings. The van der Waals surface area contributed by atoms with Crippen molar-refractivity contribution in [3.63, 3.8) is 0 Å². The molecule has 0 heterocycles. The van der Waals surface area contributed by atoms with E-state index in [1.165, 1.54) is 17.0 Å². The van der Waals surface area contributed by atoms with Crippen LogP contribution >= 0.6 is 0 Å². The highest BCUT2D eigenvalue weighted by Crippen LogP contribution is 2.14. The van der Waals surface area contributed by atoms with Gasteiger partial charge in [0, 0.05) is 19.7 Å². The molecule has 1 aromatic carbocycles. The lowest BCUT2D eigenvalue weighted by Crippen LogP contribution is -2.38. The summed E-state index contributed by atoms with van der Waals surface area (Å²) < 4.78 is 18.3. The first-order valence-electron chi connectivity index (χ1n) is 6.16. The number of rotatable bonds is 4. The Kier molecular flexibility index (Phi) is 6.16. The predicted molar refractivity (Wildman–Crippen MR) is 73.8 cm³/mol. The van der Waals surface area contributed by atoms with E-state index in [0.717, 1.165) is 6.07 Å². The number of halogens is 1. The fraction of sp³-hybridized carbons (Fsp3) is 0.400. The second kappa shape index (κ2) is 7.63. The molecule has 0 saturated heterocycles. The zero-order valence-electron chi connectivity index (χ0n) is 11.8. The predicted octanol–water partition coefficient (Wildman–Crippen LogP) is 1.28. The molecule has 0 aliphatic carbocycles. The average molecular weight is 279 g/mol. The van der Waals surface area contributed by atoms with Gasteiger partial charge in [-0.3, -0.25) is 4.79 Å². The smallest absolute Gasteiger partial charge is 0.255 e. The van der Waals surface area contributed by atoms with Crippen LogP contribution in [-0.4, -0.2) is 49.3 Å². The van der Waals surface area contributed by atoms with Crippen LogP contribution in [0.25, 0.3) is 0 Å². The maximum atomic E-state index is 13.3. The van der Waals surface area contributed by atoms with E-state index >= 15 is 0 Å². The van der Waals surface area contributed by atoms with Gasteiger partial charge in [-0.15, -0.1) is 0 Å². The first-order chi connectivity index (χ1) is 9.51. The molecule has 1 rings (SSSR count). The van der Waals surface area contributed by atoms with E-state index in [4.69, 9.17) is 9.84 Å². The van der Waals surface area contributed by atoms with Crippen LogP contribution in [0.1, 0.15) is 22.8 Å². The van der Waals surface area contributed by atoms with E-state index in [1.807, 2.05) is 6.92 Å². The van der Waals surface area contributed by atoms with Crippen molar-refractivity contribution in [1.82, 2.24) is 4.90 Å². The molecule has 0 radical (unpaired) electrons. The minimum Gasteiger partial charge on any atom is -0.384 e. The fourth-order valence-electron chi connectivity index (χ4n) is 1.68. The van der Waals surface area contributed by atoms with Crippen molar-refractivity contribution in [3.05, 3.63) is 35.1 Å². The fourth-order valence-corrected chi connectivity index (χ4v) is 1.68. The van der Waals surface area contributed by atoms with Gasteiger partial charge >= 0.3 is 0 Å². The summed E-state index contributed by atoms with van der Waals surface area (Å²) in [5, 5.41) is 8.72. The summed E-state index contributed by atoms with van der Waals surface area (Å²) in [6.07, 6.45) is 0. The van der Waals surface area contributed by atoms with E-state index in [0.29, 0.717) is 12.2 Å². The van der Waals surface area contributed by atoms with Gasteiger partial charge in [-0.1, -0.05) is 11.8 Å². The largest absolute Gasteiger partial charge is 0.384 e. The lowest BCUT2D eigenvalue weighted by molar-refractivity contribution is 0.0633. The Bertz CT molecular complexity index is 534. The summed E-state index contributed by atoms with van der Waals surface area (Å²) in [7, 11) is 3.18. The normalized spacial score (nSPS) is 11.4. The molecule has 5 heteroatoms. The van der Waals surface area contributed by atoms with Crippen LogP contribution < -0.4 is 0 Å². The lowest BCUT2D eigenvalue weighted by atomic mass is 10.1. The Balaban J connectivity index is 3.10. The van der Waals surface area contributed by atoms with Crippen LogP contribution in [0.2, 0.25) is 0 Å². The molecule has 0 spiro atoms. The Hall–Kier alpha value is -1.90. The monoisotopic (exact) mass is 279 g/mol. The minimum atomic E-state index is -0.504. The van der Waals surface area contributed by atoms with E-state index in [9.17, 15) is 9.18 Å². The molecule has 0 fully saturated rings. The van der Waals surface area contributed by atoms with E-state index in [2.05, 4.69) is 11.8 Å². The van der Waals surface area contributed by atoms with Gasteiger partial charge in [-0.25, -0.2) is 4.39 Å². The molecule has 0 aromatic heterocycles. The maximum Gasteiger partial charge on any atom is 0.255 e. The zero-order valence-corrected chi connectivity index (χ0v) is 11.8. The molecule has 0 saturated carbocycles. The third-order valence-corrected chi connectivity index (χ3v) is 2.90. The van der Waals surface area contributed by atoms with Gasteiger partial charge in [-0.05, 0) is 25.1 Å². The molecule has 0 bridgehead atoms. The highest BCUT2D eigenvalue weighted by Gasteiger charge is 2.20. The number of aliphatic hydroxyl groups excluding tert-OH is 1. The summed E-state index contributed by atoms with van der Waals surface area (Å²) in [6.45, 7) is 1.90. The number of benzene rings is 1. The van der Waals surface area contributed by atoms with Gasteiger partial charge < -0.3 is 14.7 Å². The number of methoxy groups -OCH3 is 1. The van der Waals surface area contributed by atoms with Gasteiger partial charge in [0.1, 0.15) is 12.4 Å². The third-order valence-electron chi connectivity index (χ3n) is 2.90. The second-order valence-electron chi connectivity index (χ2n) is 4.37. The number of carbonyl (C=O) groups is 1. The number of likely N-dealkylation sites (N-methyl/N-ethyl adjacent to an activating group) is 1. The van der Waals surface area contributed by atoms with Gasteiger partial charge in [0.25, 0.3) is 5.91 Å². The SMILES string of the molecule is COCC(C)N(C)C(=O)c1cc(F)ccc1C#CCO.